The number of carbonyl (C=O) groups excluding carboxylic acids is 1. The van der Waals surface area contributed by atoms with Gasteiger partial charge in [-0.15, -0.1) is 0 Å². The van der Waals surface area contributed by atoms with E-state index in [0.29, 0.717) is 30.9 Å². The molecule has 1 amide bonds. The third-order valence-electron chi connectivity index (χ3n) is 5.44. The van der Waals surface area contributed by atoms with E-state index in [0.717, 1.165) is 24.9 Å². The van der Waals surface area contributed by atoms with Crippen LogP contribution in [0.1, 0.15) is 25.3 Å². The van der Waals surface area contributed by atoms with Crippen LogP contribution in [0.25, 0.3) is 0 Å². The van der Waals surface area contributed by atoms with Crippen LogP contribution in [-0.2, 0) is 21.4 Å². The Bertz CT molecular complexity index is 990. The first-order valence-corrected chi connectivity index (χ1v) is 11.8. The number of pyridine rings is 1. The maximum atomic E-state index is 14.3. The van der Waals surface area contributed by atoms with Crippen molar-refractivity contribution in [2.75, 3.05) is 36.3 Å². The number of sulfonamides is 1. The second kappa shape index (κ2) is 10.2. The first kappa shape index (κ1) is 23.1. The van der Waals surface area contributed by atoms with Gasteiger partial charge in [0.1, 0.15) is 5.82 Å². The van der Waals surface area contributed by atoms with Crippen molar-refractivity contribution >= 4 is 27.8 Å². The zero-order valence-electron chi connectivity index (χ0n) is 17.7. The Balaban J connectivity index is 1.71. The van der Waals surface area contributed by atoms with E-state index in [-0.39, 0.29) is 11.8 Å². The molecule has 0 radical (unpaired) electrons. The van der Waals surface area contributed by atoms with E-state index in [1.165, 1.54) is 27.6 Å². The first-order chi connectivity index (χ1) is 14.8. The molecular weight excluding hydrogens is 421 g/mol. The van der Waals surface area contributed by atoms with Crippen molar-refractivity contribution in [3.8, 4) is 0 Å². The predicted molar refractivity (Wildman–Crippen MR) is 118 cm³/mol. The molecule has 1 N–H and O–H groups in total. The fourth-order valence-electron chi connectivity index (χ4n) is 3.75. The molecule has 0 bridgehead atoms. The fourth-order valence-corrected chi connectivity index (χ4v) is 4.79. The minimum Gasteiger partial charge on any atom is -0.297 e. The number of hydrogen-bond acceptors (Lipinski definition) is 6. The smallest absolute Gasteiger partial charge is 0.232 e. The Hall–Kier alpha value is -2.56. The number of benzene rings is 1. The van der Waals surface area contributed by atoms with Crippen molar-refractivity contribution in [1.29, 1.82) is 0 Å². The predicted octanol–water partition coefficient (Wildman–Crippen LogP) is 2.46. The van der Waals surface area contributed by atoms with Gasteiger partial charge in [-0.05, 0) is 62.2 Å². The number of nitrogens with one attached hydrogen (secondary N) is 1. The number of rotatable bonds is 9. The second-order valence-electron chi connectivity index (χ2n) is 7.59. The van der Waals surface area contributed by atoms with Gasteiger partial charge in [-0.1, -0.05) is 0 Å². The lowest BCUT2D eigenvalue weighted by molar-refractivity contribution is -0.107. The lowest BCUT2D eigenvalue weighted by atomic mass is 10.0. The standard InChI is InChI=1S/C21H28FN5O3S/c1-3-31(29,30)25(2)21-7-5-9-26(15-21)14-17-10-18(22)12-19(11-17)24-27(16-28)20-6-4-8-23-13-20/h4,6,8,10-13,16,21,24H,3,5,7,9,14-15H2,1-2H3/t21-/m1/s1. The second-order valence-corrected chi connectivity index (χ2v) is 9.91. The number of carbonyl (C=O) groups is 1. The molecule has 1 aromatic heterocycles. The summed E-state index contributed by atoms with van der Waals surface area (Å²) in [7, 11) is -1.63. The molecule has 0 aliphatic carbocycles. The largest absolute Gasteiger partial charge is 0.297 e. The Kier molecular flexibility index (Phi) is 7.58. The maximum absolute atomic E-state index is 14.3. The Morgan fingerprint density at radius 3 is 2.84 bits per heavy atom. The van der Waals surface area contributed by atoms with Crippen molar-refractivity contribution in [3.05, 3.63) is 54.1 Å². The summed E-state index contributed by atoms with van der Waals surface area (Å²) in [5, 5.41) is 1.23. The maximum Gasteiger partial charge on any atom is 0.232 e. The van der Waals surface area contributed by atoms with Crippen molar-refractivity contribution in [1.82, 2.24) is 14.2 Å². The molecule has 1 aliphatic heterocycles. The number of piperidine rings is 1. The molecule has 0 saturated carbocycles. The number of likely N-dealkylation sites (tertiary alicyclic amines) is 1. The molecule has 31 heavy (non-hydrogen) atoms. The third kappa shape index (κ3) is 5.99. The van der Waals surface area contributed by atoms with Crippen LogP contribution < -0.4 is 10.4 Å². The minimum absolute atomic E-state index is 0.0725. The molecular formula is C21H28FN5O3S. The van der Waals surface area contributed by atoms with Gasteiger partial charge in [0.2, 0.25) is 16.4 Å². The highest BCUT2D eigenvalue weighted by Crippen LogP contribution is 2.22. The van der Waals surface area contributed by atoms with Crippen molar-refractivity contribution < 1.29 is 17.6 Å². The Morgan fingerprint density at radius 2 is 2.16 bits per heavy atom. The number of halogens is 1. The van der Waals surface area contributed by atoms with Crippen LogP contribution in [0.3, 0.4) is 0 Å². The summed E-state index contributed by atoms with van der Waals surface area (Å²) >= 11 is 0. The van der Waals surface area contributed by atoms with Gasteiger partial charge in [0.15, 0.2) is 0 Å². The van der Waals surface area contributed by atoms with Crippen LogP contribution in [0, 0.1) is 5.82 Å². The summed E-state index contributed by atoms with van der Waals surface area (Å²) in [6, 6.07) is 7.87. The van der Waals surface area contributed by atoms with Crippen LogP contribution in [0.4, 0.5) is 15.8 Å². The minimum atomic E-state index is -3.26. The highest BCUT2D eigenvalue weighted by Gasteiger charge is 2.29. The summed E-state index contributed by atoms with van der Waals surface area (Å²) in [6.07, 6.45) is 5.40. The van der Waals surface area contributed by atoms with E-state index in [4.69, 9.17) is 0 Å². The number of likely N-dealkylation sites (N-methyl/N-ethyl adjacent to an activating group) is 1. The average molecular weight is 450 g/mol. The molecule has 168 valence electrons. The zero-order chi connectivity index (χ0) is 22.4. The molecule has 3 rings (SSSR count). The van der Waals surface area contributed by atoms with Gasteiger partial charge in [0.05, 0.1) is 23.3 Å². The highest BCUT2D eigenvalue weighted by atomic mass is 32.2. The van der Waals surface area contributed by atoms with Crippen LogP contribution >= 0.6 is 0 Å². The molecule has 1 aliphatic rings. The summed E-state index contributed by atoms with van der Waals surface area (Å²) in [5.41, 5.74) is 4.60. The van der Waals surface area contributed by atoms with Crippen molar-refractivity contribution in [2.45, 2.75) is 32.4 Å². The quantitative estimate of drug-likeness (QED) is 0.468. The van der Waals surface area contributed by atoms with E-state index in [2.05, 4.69) is 15.3 Å². The van der Waals surface area contributed by atoms with Crippen molar-refractivity contribution in [2.24, 2.45) is 0 Å². The molecule has 2 heterocycles. The molecule has 1 saturated heterocycles. The molecule has 1 fully saturated rings. The lowest BCUT2D eigenvalue weighted by Gasteiger charge is -2.37. The normalized spacial score (nSPS) is 17.5. The summed E-state index contributed by atoms with van der Waals surface area (Å²) in [4.78, 5) is 17.6. The van der Waals surface area contributed by atoms with Gasteiger partial charge < -0.3 is 0 Å². The highest BCUT2D eigenvalue weighted by molar-refractivity contribution is 7.89. The van der Waals surface area contributed by atoms with Gasteiger partial charge in [-0.2, -0.15) is 0 Å². The monoisotopic (exact) mass is 449 g/mol. The molecule has 2 aromatic rings. The summed E-state index contributed by atoms with van der Waals surface area (Å²) in [6.45, 7) is 3.52. The first-order valence-electron chi connectivity index (χ1n) is 10.2. The zero-order valence-corrected chi connectivity index (χ0v) is 18.6. The number of anilines is 2. The topological polar surface area (TPSA) is 85.9 Å². The number of hydrazine groups is 1. The molecule has 10 heteroatoms. The van der Waals surface area contributed by atoms with Crippen LogP contribution in [-0.4, -0.2) is 60.9 Å². The summed E-state index contributed by atoms with van der Waals surface area (Å²) < 4.78 is 40.2. The van der Waals surface area contributed by atoms with Crippen molar-refractivity contribution in [3.63, 3.8) is 0 Å². The summed E-state index contributed by atoms with van der Waals surface area (Å²) in [5.74, 6) is -0.348. The van der Waals surface area contributed by atoms with Gasteiger partial charge >= 0.3 is 0 Å². The molecule has 0 unspecified atom stereocenters. The molecule has 1 aromatic carbocycles. The van der Waals surface area contributed by atoms with Gasteiger partial charge in [0.25, 0.3) is 0 Å². The van der Waals surface area contributed by atoms with E-state index in [1.54, 1.807) is 38.4 Å². The van der Waals surface area contributed by atoms with Gasteiger partial charge in [-0.25, -0.2) is 22.1 Å². The number of amides is 1. The fraction of sp³-hybridized carbons (Fsp3) is 0.429. The molecule has 8 nitrogen and oxygen atoms in total. The average Bonchev–Trinajstić information content (AvgIpc) is 2.77. The van der Waals surface area contributed by atoms with Crippen LogP contribution in [0.15, 0.2) is 42.7 Å². The third-order valence-corrected chi connectivity index (χ3v) is 7.35. The number of nitrogens with zero attached hydrogens (tertiary/aromatic N) is 4. The lowest BCUT2D eigenvalue weighted by Crippen LogP contribution is -2.48. The van der Waals surface area contributed by atoms with E-state index in [9.17, 15) is 17.6 Å². The van der Waals surface area contributed by atoms with Crippen LogP contribution in [0.2, 0.25) is 0 Å². The number of aromatic nitrogens is 1. The number of hydrogen-bond donors (Lipinski definition) is 1. The van der Waals surface area contributed by atoms with Gasteiger partial charge in [-0.3, -0.25) is 20.1 Å². The van der Waals surface area contributed by atoms with E-state index >= 15 is 0 Å². The van der Waals surface area contributed by atoms with E-state index in [1.807, 2.05) is 0 Å². The SMILES string of the molecule is CCS(=O)(=O)N(C)[C@@H]1CCCN(Cc2cc(F)cc(NN(C=O)c3cccnc3)c2)C1. The Morgan fingerprint density at radius 1 is 1.35 bits per heavy atom. The Labute approximate surface area is 182 Å². The van der Waals surface area contributed by atoms with E-state index < -0.39 is 15.8 Å². The van der Waals surface area contributed by atoms with Crippen LogP contribution in [0.5, 0.6) is 0 Å². The molecule has 1 atom stereocenters. The van der Waals surface area contributed by atoms with Gasteiger partial charge in [0, 0.05) is 32.4 Å². The molecule has 0 spiro atoms.